The highest BCUT2D eigenvalue weighted by atomic mass is 16.4. The van der Waals surface area contributed by atoms with Crippen LogP contribution in [0.2, 0.25) is 0 Å². The third kappa shape index (κ3) is 8.45. The van der Waals surface area contributed by atoms with E-state index in [2.05, 4.69) is 16.6 Å². The zero-order valence-electron chi connectivity index (χ0n) is 11.0. The molecule has 0 saturated carbocycles. The van der Waals surface area contributed by atoms with Gasteiger partial charge in [0.25, 0.3) is 0 Å². The van der Waals surface area contributed by atoms with E-state index in [9.17, 15) is 9.59 Å². The Bertz CT molecular complexity index is 310. The molecule has 0 aromatic rings. The molecule has 0 radical (unpaired) electrons. The predicted octanol–water partition coefficient (Wildman–Crippen LogP) is 1.59. The highest BCUT2D eigenvalue weighted by molar-refractivity contribution is 5.74. The third-order valence-corrected chi connectivity index (χ3v) is 2.65. The lowest BCUT2D eigenvalue weighted by atomic mass is 10.1. The summed E-state index contributed by atoms with van der Waals surface area (Å²) in [5, 5.41) is 14.0. The van der Waals surface area contributed by atoms with Crippen LogP contribution in [0, 0.1) is 18.3 Å². The van der Waals surface area contributed by atoms with Crippen molar-refractivity contribution in [3.8, 4) is 12.3 Å². The molecule has 5 heteroatoms. The molecular formula is C13H22N2O3. The molecule has 18 heavy (non-hydrogen) atoms. The van der Waals surface area contributed by atoms with E-state index in [1.54, 1.807) is 0 Å². The average molecular weight is 254 g/mol. The molecule has 0 bridgehead atoms. The zero-order chi connectivity index (χ0) is 14.0. The van der Waals surface area contributed by atoms with Gasteiger partial charge in [-0.2, -0.15) is 0 Å². The molecule has 0 heterocycles. The SMILES string of the molecule is C#CCC(CC)NC(=O)NCC(C)CCC(=O)O. The van der Waals surface area contributed by atoms with Crippen LogP contribution in [0.4, 0.5) is 4.79 Å². The minimum Gasteiger partial charge on any atom is -0.481 e. The Labute approximate surface area is 108 Å². The summed E-state index contributed by atoms with van der Waals surface area (Å²) in [6, 6.07) is -0.261. The second-order valence-corrected chi connectivity index (χ2v) is 4.41. The maximum atomic E-state index is 11.5. The Kier molecular flexibility index (Phi) is 8.46. The van der Waals surface area contributed by atoms with Crippen molar-refractivity contribution in [3.05, 3.63) is 0 Å². The fraction of sp³-hybridized carbons (Fsp3) is 0.692. The summed E-state index contributed by atoms with van der Waals surface area (Å²) in [4.78, 5) is 21.9. The number of rotatable bonds is 8. The van der Waals surface area contributed by atoms with E-state index in [1.165, 1.54) is 0 Å². The summed E-state index contributed by atoms with van der Waals surface area (Å²) in [6.07, 6.45) is 7.17. The second kappa shape index (κ2) is 9.34. The van der Waals surface area contributed by atoms with Crippen LogP contribution < -0.4 is 10.6 Å². The maximum absolute atomic E-state index is 11.5. The van der Waals surface area contributed by atoms with Crippen LogP contribution in [0.25, 0.3) is 0 Å². The molecule has 0 aromatic carbocycles. The lowest BCUT2D eigenvalue weighted by molar-refractivity contribution is -0.137. The van der Waals surface area contributed by atoms with Crippen LogP contribution in [0.1, 0.15) is 39.5 Å². The van der Waals surface area contributed by atoms with E-state index in [-0.39, 0.29) is 24.4 Å². The van der Waals surface area contributed by atoms with Gasteiger partial charge in [-0.25, -0.2) is 4.79 Å². The van der Waals surface area contributed by atoms with Crippen molar-refractivity contribution in [3.63, 3.8) is 0 Å². The van der Waals surface area contributed by atoms with Crippen LogP contribution in [0.3, 0.4) is 0 Å². The molecular weight excluding hydrogens is 232 g/mol. The first-order chi connectivity index (χ1) is 8.49. The first-order valence-electron chi connectivity index (χ1n) is 6.19. The smallest absolute Gasteiger partial charge is 0.315 e. The number of carboxylic acid groups (broad SMARTS) is 1. The number of nitrogens with one attached hydrogen (secondary N) is 2. The van der Waals surface area contributed by atoms with Crippen LogP contribution >= 0.6 is 0 Å². The van der Waals surface area contributed by atoms with Crippen LogP contribution in [0.15, 0.2) is 0 Å². The Balaban J connectivity index is 3.81. The van der Waals surface area contributed by atoms with E-state index in [1.807, 2.05) is 13.8 Å². The van der Waals surface area contributed by atoms with Crippen molar-refractivity contribution in [1.29, 1.82) is 0 Å². The molecule has 0 aliphatic rings. The molecule has 2 amide bonds. The number of amides is 2. The lowest BCUT2D eigenvalue weighted by Gasteiger charge is -2.16. The molecule has 102 valence electrons. The molecule has 2 unspecified atom stereocenters. The van der Waals surface area contributed by atoms with Crippen molar-refractivity contribution in [2.24, 2.45) is 5.92 Å². The van der Waals surface area contributed by atoms with Crippen molar-refractivity contribution in [2.75, 3.05) is 6.54 Å². The molecule has 0 rings (SSSR count). The number of urea groups is 1. The molecule has 2 atom stereocenters. The molecule has 0 fully saturated rings. The van der Waals surface area contributed by atoms with Crippen LogP contribution in [-0.4, -0.2) is 29.7 Å². The van der Waals surface area contributed by atoms with Gasteiger partial charge in [0.2, 0.25) is 0 Å². The maximum Gasteiger partial charge on any atom is 0.315 e. The number of hydrogen-bond acceptors (Lipinski definition) is 2. The van der Waals surface area contributed by atoms with Gasteiger partial charge in [-0.05, 0) is 18.8 Å². The van der Waals surface area contributed by atoms with E-state index in [0.717, 1.165) is 6.42 Å². The summed E-state index contributed by atoms with van der Waals surface area (Å²) in [5.41, 5.74) is 0. The summed E-state index contributed by atoms with van der Waals surface area (Å²) in [7, 11) is 0. The van der Waals surface area contributed by atoms with Gasteiger partial charge in [0.15, 0.2) is 0 Å². The zero-order valence-corrected chi connectivity index (χ0v) is 11.0. The third-order valence-electron chi connectivity index (χ3n) is 2.65. The first kappa shape index (κ1) is 16.3. The number of carboxylic acids is 1. The van der Waals surface area contributed by atoms with E-state index in [0.29, 0.717) is 19.4 Å². The number of aliphatic carboxylic acids is 1. The van der Waals surface area contributed by atoms with Crippen molar-refractivity contribution in [1.82, 2.24) is 10.6 Å². The van der Waals surface area contributed by atoms with Crippen molar-refractivity contribution >= 4 is 12.0 Å². The molecule has 0 aromatic heterocycles. The summed E-state index contributed by atoms with van der Waals surface area (Å²) in [6.45, 7) is 4.32. The predicted molar refractivity (Wildman–Crippen MR) is 70.1 cm³/mol. The molecule has 0 aliphatic carbocycles. The Morgan fingerprint density at radius 2 is 2.11 bits per heavy atom. The minimum atomic E-state index is -0.814. The summed E-state index contributed by atoms with van der Waals surface area (Å²) < 4.78 is 0. The number of carbonyl (C=O) groups is 2. The molecule has 0 saturated heterocycles. The average Bonchev–Trinajstić information content (AvgIpc) is 2.33. The van der Waals surface area contributed by atoms with Gasteiger partial charge in [0.05, 0.1) is 0 Å². The highest BCUT2D eigenvalue weighted by Crippen LogP contribution is 2.03. The van der Waals surface area contributed by atoms with Gasteiger partial charge >= 0.3 is 12.0 Å². The minimum absolute atomic E-state index is 0.00988. The summed E-state index contributed by atoms with van der Waals surface area (Å²) in [5.74, 6) is 1.84. The van der Waals surface area contributed by atoms with E-state index < -0.39 is 5.97 Å². The van der Waals surface area contributed by atoms with Gasteiger partial charge in [-0.1, -0.05) is 13.8 Å². The standard InChI is InChI=1S/C13H22N2O3/c1-4-6-11(5-2)15-13(18)14-9-10(3)7-8-12(16)17/h1,10-11H,5-9H2,2-3H3,(H,16,17)(H2,14,15,18). The quantitative estimate of drug-likeness (QED) is 0.575. The molecule has 0 spiro atoms. The Hall–Kier alpha value is -1.70. The molecule has 0 aliphatic heterocycles. The van der Waals surface area contributed by atoms with Gasteiger partial charge < -0.3 is 15.7 Å². The van der Waals surface area contributed by atoms with Crippen molar-refractivity contribution < 1.29 is 14.7 Å². The molecule has 3 N–H and O–H groups in total. The van der Waals surface area contributed by atoms with Crippen LogP contribution in [-0.2, 0) is 4.79 Å². The fourth-order valence-electron chi connectivity index (χ4n) is 1.41. The molecule has 5 nitrogen and oxygen atoms in total. The normalized spacial score (nSPS) is 13.2. The summed E-state index contributed by atoms with van der Waals surface area (Å²) >= 11 is 0. The van der Waals surface area contributed by atoms with Gasteiger partial charge in [-0.15, -0.1) is 12.3 Å². The number of terminal acetylenes is 1. The largest absolute Gasteiger partial charge is 0.481 e. The number of hydrogen-bond donors (Lipinski definition) is 3. The second-order valence-electron chi connectivity index (χ2n) is 4.41. The highest BCUT2D eigenvalue weighted by Gasteiger charge is 2.10. The number of carbonyl (C=O) groups excluding carboxylic acids is 1. The van der Waals surface area contributed by atoms with Crippen molar-refractivity contribution in [2.45, 2.75) is 45.6 Å². The Morgan fingerprint density at radius 1 is 1.44 bits per heavy atom. The monoisotopic (exact) mass is 254 g/mol. The fourth-order valence-corrected chi connectivity index (χ4v) is 1.41. The van der Waals surface area contributed by atoms with Gasteiger partial charge in [-0.3, -0.25) is 4.79 Å². The topological polar surface area (TPSA) is 78.4 Å². The van der Waals surface area contributed by atoms with Gasteiger partial charge in [0.1, 0.15) is 0 Å². The lowest BCUT2D eigenvalue weighted by Crippen LogP contribution is -2.43. The first-order valence-corrected chi connectivity index (χ1v) is 6.19. The van der Waals surface area contributed by atoms with E-state index >= 15 is 0 Å². The van der Waals surface area contributed by atoms with Gasteiger partial charge in [0, 0.05) is 25.4 Å². The van der Waals surface area contributed by atoms with Crippen LogP contribution in [0.5, 0.6) is 0 Å². The van der Waals surface area contributed by atoms with E-state index in [4.69, 9.17) is 11.5 Å². The Morgan fingerprint density at radius 3 is 2.61 bits per heavy atom.